The van der Waals surface area contributed by atoms with Crippen LogP contribution in [0.2, 0.25) is 5.02 Å². The predicted octanol–water partition coefficient (Wildman–Crippen LogP) is 3.44. The van der Waals surface area contributed by atoms with Crippen molar-refractivity contribution in [2.45, 2.75) is 31.7 Å². The number of rotatable bonds is 5. The van der Waals surface area contributed by atoms with Gasteiger partial charge in [-0.2, -0.15) is 10.2 Å². The minimum Gasteiger partial charge on any atom is -0.273 e. The molecule has 6 heteroatoms. The lowest BCUT2D eigenvalue weighted by molar-refractivity contribution is 0.610. The van der Waals surface area contributed by atoms with Crippen LogP contribution in [0, 0.1) is 0 Å². The Kier molecular flexibility index (Phi) is 3.42. The number of nitrogens with zero attached hydrogens (tertiary/aromatic N) is 4. The van der Waals surface area contributed by atoms with Gasteiger partial charge in [0.1, 0.15) is 5.69 Å². The summed E-state index contributed by atoms with van der Waals surface area (Å²) in [4.78, 5) is 4.68. The Labute approximate surface area is 133 Å². The molecule has 0 unspecified atom stereocenters. The van der Waals surface area contributed by atoms with E-state index >= 15 is 0 Å². The molecule has 5 nitrogen and oxygen atoms in total. The molecule has 4 rings (SSSR count). The van der Waals surface area contributed by atoms with E-state index in [1.165, 1.54) is 18.4 Å². The zero-order valence-electron chi connectivity index (χ0n) is 12.0. The minimum absolute atomic E-state index is 0.512. The van der Waals surface area contributed by atoms with Gasteiger partial charge >= 0.3 is 0 Å². The van der Waals surface area contributed by atoms with Crippen LogP contribution in [0.1, 0.15) is 30.1 Å². The van der Waals surface area contributed by atoms with Crippen molar-refractivity contribution < 1.29 is 0 Å². The number of aryl methyl sites for hydroxylation is 2. The van der Waals surface area contributed by atoms with Crippen molar-refractivity contribution in [1.29, 1.82) is 0 Å². The summed E-state index contributed by atoms with van der Waals surface area (Å²) in [6, 6.07) is 10.4. The minimum atomic E-state index is 0.512. The largest absolute Gasteiger partial charge is 0.273 e. The molecule has 22 heavy (non-hydrogen) atoms. The van der Waals surface area contributed by atoms with Gasteiger partial charge in [-0.3, -0.25) is 5.10 Å². The second-order valence-corrected chi connectivity index (χ2v) is 6.03. The smallest absolute Gasteiger partial charge is 0.178 e. The number of hydrogen-bond acceptors (Lipinski definition) is 3. The number of hydrogen-bond donors (Lipinski definition) is 1. The van der Waals surface area contributed by atoms with E-state index in [4.69, 9.17) is 11.6 Å². The molecule has 2 aromatic heterocycles. The van der Waals surface area contributed by atoms with Gasteiger partial charge in [0.2, 0.25) is 0 Å². The molecule has 1 aliphatic rings. The summed E-state index contributed by atoms with van der Waals surface area (Å²) < 4.78 is 1.94. The average molecular weight is 314 g/mol. The molecule has 112 valence electrons. The first kappa shape index (κ1) is 13.5. The van der Waals surface area contributed by atoms with Crippen molar-refractivity contribution in [2.75, 3.05) is 0 Å². The third-order valence-corrected chi connectivity index (χ3v) is 4.19. The lowest BCUT2D eigenvalue weighted by atomic mass is 10.1. The highest BCUT2D eigenvalue weighted by molar-refractivity contribution is 6.32. The Morgan fingerprint density at radius 3 is 2.73 bits per heavy atom. The first-order valence-electron chi connectivity index (χ1n) is 7.49. The Bertz CT molecular complexity index is 773. The first-order valence-corrected chi connectivity index (χ1v) is 7.87. The van der Waals surface area contributed by atoms with Crippen LogP contribution in [-0.2, 0) is 13.0 Å². The summed E-state index contributed by atoms with van der Waals surface area (Å²) in [7, 11) is 0. The van der Waals surface area contributed by atoms with Gasteiger partial charge in [0.25, 0.3) is 0 Å². The summed E-state index contributed by atoms with van der Waals surface area (Å²) in [5.41, 5.74) is 2.03. The van der Waals surface area contributed by atoms with Gasteiger partial charge < -0.3 is 0 Å². The number of aromatic nitrogens is 5. The van der Waals surface area contributed by atoms with Gasteiger partial charge in [-0.15, -0.1) is 0 Å². The van der Waals surface area contributed by atoms with E-state index in [-0.39, 0.29) is 0 Å². The molecule has 0 atom stereocenters. The van der Waals surface area contributed by atoms with E-state index in [0.29, 0.717) is 10.9 Å². The maximum absolute atomic E-state index is 6.19. The van der Waals surface area contributed by atoms with Crippen LogP contribution in [0.4, 0.5) is 0 Å². The number of nitrogens with one attached hydrogen (secondary N) is 1. The third-order valence-electron chi connectivity index (χ3n) is 3.90. The van der Waals surface area contributed by atoms with E-state index in [1.54, 1.807) is 6.20 Å². The highest BCUT2D eigenvalue weighted by Crippen LogP contribution is 2.39. The SMILES string of the molecule is Clc1cn[nH]c1-c1nc(C2CC2)nn1CCc1ccccc1. The van der Waals surface area contributed by atoms with Crippen molar-refractivity contribution >= 4 is 11.6 Å². The summed E-state index contributed by atoms with van der Waals surface area (Å²) in [6.07, 6.45) is 4.87. The number of benzene rings is 1. The Morgan fingerprint density at radius 2 is 2.05 bits per heavy atom. The van der Waals surface area contributed by atoms with E-state index in [1.807, 2.05) is 10.7 Å². The van der Waals surface area contributed by atoms with Crippen molar-refractivity contribution in [2.24, 2.45) is 0 Å². The fraction of sp³-hybridized carbons (Fsp3) is 0.312. The van der Waals surface area contributed by atoms with Gasteiger partial charge in [-0.1, -0.05) is 41.9 Å². The molecule has 0 spiro atoms. The molecule has 1 fully saturated rings. The zero-order chi connectivity index (χ0) is 14.9. The fourth-order valence-electron chi connectivity index (χ4n) is 2.52. The molecule has 1 N–H and O–H groups in total. The molecule has 0 amide bonds. The molecule has 1 aromatic carbocycles. The molecule has 0 radical (unpaired) electrons. The third kappa shape index (κ3) is 2.64. The fourth-order valence-corrected chi connectivity index (χ4v) is 2.70. The summed E-state index contributed by atoms with van der Waals surface area (Å²) in [6.45, 7) is 0.772. The molecular formula is C16H16ClN5. The zero-order valence-corrected chi connectivity index (χ0v) is 12.8. The number of H-pyrrole nitrogens is 1. The van der Waals surface area contributed by atoms with Crippen molar-refractivity contribution in [3.63, 3.8) is 0 Å². The van der Waals surface area contributed by atoms with E-state index in [2.05, 4.69) is 44.5 Å². The van der Waals surface area contributed by atoms with Gasteiger partial charge in [0, 0.05) is 12.5 Å². The van der Waals surface area contributed by atoms with Crippen molar-refractivity contribution in [3.8, 4) is 11.5 Å². The van der Waals surface area contributed by atoms with Crippen LogP contribution in [0.15, 0.2) is 36.5 Å². The number of halogens is 1. The van der Waals surface area contributed by atoms with Gasteiger partial charge in [0.15, 0.2) is 11.6 Å². The topological polar surface area (TPSA) is 59.4 Å². The van der Waals surface area contributed by atoms with E-state index < -0.39 is 0 Å². The van der Waals surface area contributed by atoms with E-state index in [0.717, 1.165) is 30.3 Å². The molecule has 2 heterocycles. The lowest BCUT2D eigenvalue weighted by Crippen LogP contribution is -2.06. The monoisotopic (exact) mass is 313 g/mol. The highest BCUT2D eigenvalue weighted by atomic mass is 35.5. The van der Waals surface area contributed by atoms with Crippen LogP contribution < -0.4 is 0 Å². The standard InChI is InChI=1S/C16H16ClN5/c17-13-10-18-20-14(13)16-19-15(12-6-7-12)21-22(16)9-8-11-4-2-1-3-5-11/h1-5,10,12H,6-9H2,(H,18,20). The molecule has 0 aliphatic heterocycles. The Balaban J connectivity index is 1.64. The number of aromatic amines is 1. The molecule has 0 bridgehead atoms. The quantitative estimate of drug-likeness (QED) is 0.785. The van der Waals surface area contributed by atoms with E-state index in [9.17, 15) is 0 Å². The first-order chi connectivity index (χ1) is 10.8. The summed E-state index contributed by atoms with van der Waals surface area (Å²) >= 11 is 6.19. The van der Waals surface area contributed by atoms with Crippen LogP contribution in [-0.4, -0.2) is 25.0 Å². The predicted molar refractivity (Wildman–Crippen MR) is 84.7 cm³/mol. The second kappa shape index (κ2) is 5.57. The van der Waals surface area contributed by atoms with Gasteiger partial charge in [0.05, 0.1) is 11.2 Å². The molecule has 0 saturated heterocycles. The van der Waals surface area contributed by atoms with Crippen molar-refractivity contribution in [1.82, 2.24) is 25.0 Å². The molecule has 1 saturated carbocycles. The summed E-state index contributed by atoms with van der Waals surface area (Å²) in [5, 5.41) is 12.2. The van der Waals surface area contributed by atoms with Crippen molar-refractivity contribution in [3.05, 3.63) is 52.9 Å². The van der Waals surface area contributed by atoms with Gasteiger partial charge in [-0.05, 0) is 24.8 Å². The Morgan fingerprint density at radius 1 is 1.23 bits per heavy atom. The molecular weight excluding hydrogens is 298 g/mol. The lowest BCUT2D eigenvalue weighted by Gasteiger charge is -2.05. The highest BCUT2D eigenvalue weighted by Gasteiger charge is 2.29. The maximum Gasteiger partial charge on any atom is 0.178 e. The Hall–Kier alpha value is -2.14. The van der Waals surface area contributed by atoms with Gasteiger partial charge in [-0.25, -0.2) is 9.67 Å². The van der Waals surface area contributed by atoms with Crippen LogP contribution in [0.25, 0.3) is 11.5 Å². The average Bonchev–Trinajstić information content (AvgIpc) is 3.18. The second-order valence-electron chi connectivity index (χ2n) is 5.62. The van der Waals surface area contributed by atoms with Crippen LogP contribution >= 0.6 is 11.6 Å². The molecule has 1 aliphatic carbocycles. The summed E-state index contributed by atoms with van der Waals surface area (Å²) in [5.74, 6) is 2.22. The molecule has 3 aromatic rings. The van der Waals surface area contributed by atoms with Crippen LogP contribution in [0.3, 0.4) is 0 Å². The normalized spacial score (nSPS) is 14.4. The maximum atomic E-state index is 6.19. The van der Waals surface area contributed by atoms with Crippen LogP contribution in [0.5, 0.6) is 0 Å².